The highest BCUT2D eigenvalue weighted by molar-refractivity contribution is 7.11. The molecule has 0 saturated heterocycles. The number of rotatable bonds is 4. The van der Waals surface area contributed by atoms with Crippen molar-refractivity contribution in [1.29, 1.82) is 0 Å². The number of aliphatic hydroxyl groups excluding tert-OH is 1. The fraction of sp³-hybridized carbons (Fsp3) is 0.357. The molecule has 0 aliphatic carbocycles. The van der Waals surface area contributed by atoms with Crippen molar-refractivity contribution >= 4 is 11.3 Å². The van der Waals surface area contributed by atoms with Gasteiger partial charge in [-0.2, -0.15) is 0 Å². The lowest BCUT2D eigenvalue weighted by atomic mass is 10.1. The first-order valence-electron chi connectivity index (χ1n) is 5.87. The van der Waals surface area contributed by atoms with Crippen molar-refractivity contribution in [3.63, 3.8) is 0 Å². The van der Waals surface area contributed by atoms with E-state index in [4.69, 9.17) is 9.84 Å². The number of benzene rings is 1. The highest BCUT2D eigenvalue weighted by Crippen LogP contribution is 2.23. The first-order chi connectivity index (χ1) is 8.61. The van der Waals surface area contributed by atoms with Gasteiger partial charge in [-0.05, 0) is 38.0 Å². The summed E-state index contributed by atoms with van der Waals surface area (Å²) in [5.74, 6) is 0.897. The zero-order valence-corrected chi connectivity index (χ0v) is 11.7. The van der Waals surface area contributed by atoms with Crippen molar-refractivity contribution in [3.8, 4) is 5.75 Å². The van der Waals surface area contributed by atoms with Crippen molar-refractivity contribution in [2.45, 2.75) is 34.0 Å². The third-order valence-corrected chi connectivity index (χ3v) is 3.98. The lowest BCUT2D eigenvalue weighted by Gasteiger charge is -2.09. The fourth-order valence-corrected chi connectivity index (χ4v) is 2.57. The normalized spacial score (nSPS) is 10.7. The van der Waals surface area contributed by atoms with Gasteiger partial charge < -0.3 is 9.84 Å². The third kappa shape index (κ3) is 2.71. The summed E-state index contributed by atoms with van der Waals surface area (Å²) in [5.41, 5.74) is 3.13. The zero-order chi connectivity index (χ0) is 13.1. The largest absolute Gasteiger partial charge is 0.486 e. The molecule has 0 fully saturated rings. The van der Waals surface area contributed by atoms with Crippen LogP contribution in [0.4, 0.5) is 0 Å². The van der Waals surface area contributed by atoms with Crippen molar-refractivity contribution in [3.05, 3.63) is 44.9 Å². The maximum Gasteiger partial charge on any atom is 0.140 e. The average Bonchev–Trinajstić information content (AvgIpc) is 2.72. The van der Waals surface area contributed by atoms with Crippen LogP contribution in [0.15, 0.2) is 18.2 Å². The molecule has 0 amide bonds. The molecule has 96 valence electrons. The van der Waals surface area contributed by atoms with E-state index in [0.717, 1.165) is 26.9 Å². The summed E-state index contributed by atoms with van der Waals surface area (Å²) >= 11 is 1.57. The SMILES string of the molecule is Cc1cccc(OCc2nc(CO)c(C)s2)c1C. The van der Waals surface area contributed by atoms with Crippen LogP contribution in [0.5, 0.6) is 5.75 Å². The van der Waals surface area contributed by atoms with Crippen molar-refractivity contribution < 1.29 is 9.84 Å². The Morgan fingerprint density at radius 2 is 2.06 bits per heavy atom. The van der Waals surface area contributed by atoms with E-state index in [2.05, 4.69) is 24.9 Å². The molecule has 0 spiro atoms. The lowest BCUT2D eigenvalue weighted by molar-refractivity contribution is 0.274. The standard InChI is InChI=1S/C14H17NO2S/c1-9-5-4-6-13(10(9)2)17-8-14-15-12(7-16)11(3)18-14/h4-6,16H,7-8H2,1-3H3. The third-order valence-electron chi connectivity index (χ3n) is 2.99. The summed E-state index contributed by atoms with van der Waals surface area (Å²) in [6.07, 6.45) is 0. The molecule has 0 aliphatic rings. The number of aliphatic hydroxyl groups is 1. The molecule has 2 aromatic rings. The van der Waals surface area contributed by atoms with Gasteiger partial charge in [0.15, 0.2) is 0 Å². The van der Waals surface area contributed by atoms with Gasteiger partial charge in [-0.1, -0.05) is 12.1 Å². The minimum absolute atomic E-state index is 0.00813. The summed E-state index contributed by atoms with van der Waals surface area (Å²) < 4.78 is 5.78. The minimum atomic E-state index is -0.00813. The number of aryl methyl sites for hydroxylation is 2. The number of hydrogen-bond acceptors (Lipinski definition) is 4. The van der Waals surface area contributed by atoms with E-state index < -0.39 is 0 Å². The van der Waals surface area contributed by atoms with Crippen molar-refractivity contribution in [1.82, 2.24) is 4.98 Å². The van der Waals surface area contributed by atoms with Gasteiger partial charge in [0, 0.05) is 4.88 Å². The average molecular weight is 263 g/mol. The molecule has 0 bridgehead atoms. The summed E-state index contributed by atoms with van der Waals surface area (Å²) in [5, 5.41) is 10.0. The number of nitrogens with zero attached hydrogens (tertiary/aromatic N) is 1. The molecule has 2 rings (SSSR count). The number of thiazole rings is 1. The van der Waals surface area contributed by atoms with E-state index in [1.807, 2.05) is 19.1 Å². The van der Waals surface area contributed by atoms with Gasteiger partial charge in [0.05, 0.1) is 12.3 Å². The van der Waals surface area contributed by atoms with Crippen LogP contribution in [0.25, 0.3) is 0 Å². The quantitative estimate of drug-likeness (QED) is 0.921. The van der Waals surface area contributed by atoms with E-state index in [9.17, 15) is 0 Å². The van der Waals surface area contributed by atoms with Crippen LogP contribution in [-0.4, -0.2) is 10.1 Å². The molecule has 4 heteroatoms. The number of ether oxygens (including phenoxy) is 1. The second-order valence-electron chi connectivity index (χ2n) is 4.26. The topological polar surface area (TPSA) is 42.4 Å². The van der Waals surface area contributed by atoms with Crippen LogP contribution < -0.4 is 4.74 Å². The Hall–Kier alpha value is -1.39. The second kappa shape index (κ2) is 5.50. The zero-order valence-electron chi connectivity index (χ0n) is 10.9. The molecule has 0 aliphatic heterocycles. The molecule has 0 atom stereocenters. The van der Waals surface area contributed by atoms with E-state index in [-0.39, 0.29) is 6.61 Å². The van der Waals surface area contributed by atoms with Crippen LogP contribution in [0.3, 0.4) is 0 Å². The van der Waals surface area contributed by atoms with Gasteiger partial charge in [-0.25, -0.2) is 4.98 Å². The maximum atomic E-state index is 9.10. The fourth-order valence-electron chi connectivity index (χ4n) is 1.72. The molecule has 1 heterocycles. The van der Waals surface area contributed by atoms with Gasteiger partial charge in [0.1, 0.15) is 17.4 Å². The molecule has 3 nitrogen and oxygen atoms in total. The van der Waals surface area contributed by atoms with E-state index >= 15 is 0 Å². The van der Waals surface area contributed by atoms with Crippen LogP contribution in [-0.2, 0) is 13.2 Å². The summed E-state index contributed by atoms with van der Waals surface area (Å²) in [6.45, 7) is 6.53. The maximum absolute atomic E-state index is 9.10. The molecule has 18 heavy (non-hydrogen) atoms. The van der Waals surface area contributed by atoms with Gasteiger partial charge >= 0.3 is 0 Å². The predicted molar refractivity (Wildman–Crippen MR) is 73.0 cm³/mol. The van der Waals surface area contributed by atoms with Crippen LogP contribution in [0.1, 0.15) is 26.7 Å². The van der Waals surface area contributed by atoms with E-state index in [1.54, 1.807) is 11.3 Å². The van der Waals surface area contributed by atoms with Gasteiger partial charge in [0.2, 0.25) is 0 Å². The predicted octanol–water partition coefficient (Wildman–Crippen LogP) is 3.14. The number of aromatic nitrogens is 1. The molecule has 0 saturated carbocycles. The summed E-state index contributed by atoms with van der Waals surface area (Å²) in [7, 11) is 0. The van der Waals surface area contributed by atoms with Crippen LogP contribution in [0, 0.1) is 20.8 Å². The second-order valence-corrected chi connectivity index (χ2v) is 5.54. The Labute approximate surface area is 111 Å². The Bertz CT molecular complexity index is 549. The molecule has 1 N–H and O–H groups in total. The van der Waals surface area contributed by atoms with E-state index in [1.165, 1.54) is 5.56 Å². The summed E-state index contributed by atoms with van der Waals surface area (Å²) in [4.78, 5) is 5.39. The van der Waals surface area contributed by atoms with Gasteiger partial charge in [0.25, 0.3) is 0 Å². The highest BCUT2D eigenvalue weighted by Gasteiger charge is 2.08. The first kappa shape index (κ1) is 13.1. The monoisotopic (exact) mass is 263 g/mol. The van der Waals surface area contributed by atoms with Crippen molar-refractivity contribution in [2.24, 2.45) is 0 Å². The van der Waals surface area contributed by atoms with Crippen LogP contribution in [0.2, 0.25) is 0 Å². The lowest BCUT2D eigenvalue weighted by Crippen LogP contribution is -1.98. The minimum Gasteiger partial charge on any atom is -0.486 e. The van der Waals surface area contributed by atoms with Gasteiger partial charge in [-0.15, -0.1) is 11.3 Å². The molecular formula is C14H17NO2S. The van der Waals surface area contributed by atoms with Gasteiger partial charge in [-0.3, -0.25) is 0 Å². The Morgan fingerprint density at radius 3 is 2.72 bits per heavy atom. The molecule has 1 aromatic carbocycles. The van der Waals surface area contributed by atoms with E-state index in [0.29, 0.717) is 6.61 Å². The smallest absolute Gasteiger partial charge is 0.140 e. The number of hydrogen-bond donors (Lipinski definition) is 1. The Kier molecular flexibility index (Phi) is 3.99. The molecule has 0 radical (unpaired) electrons. The highest BCUT2D eigenvalue weighted by atomic mass is 32.1. The van der Waals surface area contributed by atoms with Crippen molar-refractivity contribution in [2.75, 3.05) is 0 Å². The summed E-state index contributed by atoms with van der Waals surface area (Å²) in [6, 6.07) is 6.03. The first-order valence-corrected chi connectivity index (χ1v) is 6.68. The van der Waals surface area contributed by atoms with Crippen LogP contribution >= 0.6 is 11.3 Å². The Morgan fingerprint density at radius 1 is 1.28 bits per heavy atom. The molecule has 1 aromatic heterocycles. The molecular weight excluding hydrogens is 246 g/mol. The molecule has 0 unspecified atom stereocenters. The Balaban J connectivity index is 2.09.